The molecule has 0 radical (unpaired) electrons. The van der Waals surface area contributed by atoms with Crippen LogP contribution >= 0.6 is 11.8 Å². The highest BCUT2D eigenvalue weighted by molar-refractivity contribution is 7.99. The molecular weight excluding hydrogens is 270 g/mol. The van der Waals surface area contributed by atoms with E-state index < -0.39 is 0 Å². The van der Waals surface area contributed by atoms with E-state index in [0.29, 0.717) is 6.54 Å². The number of nitrogens with zero attached hydrogens (tertiary/aromatic N) is 4. The summed E-state index contributed by atoms with van der Waals surface area (Å²) in [6.45, 7) is 0.536. The van der Waals surface area contributed by atoms with Gasteiger partial charge in [-0.25, -0.2) is 9.97 Å². The normalized spacial score (nSPS) is 12.7. The number of thioether (sulfide) groups is 1. The summed E-state index contributed by atoms with van der Waals surface area (Å²) in [4.78, 5) is 8.68. The van der Waals surface area contributed by atoms with Gasteiger partial charge in [-0.15, -0.1) is 0 Å². The highest BCUT2D eigenvalue weighted by Crippen LogP contribution is 2.36. The van der Waals surface area contributed by atoms with Crippen molar-refractivity contribution in [1.82, 2.24) is 19.7 Å². The fourth-order valence-corrected chi connectivity index (χ4v) is 3.10. The van der Waals surface area contributed by atoms with Crippen molar-refractivity contribution in [1.29, 1.82) is 0 Å². The minimum Gasteiger partial charge on any atom is -0.329 e. The first-order valence-corrected chi connectivity index (χ1v) is 7.21. The fraction of sp³-hybridized carbons (Fsp3) is 0.214. The Balaban J connectivity index is 1.95. The predicted molar refractivity (Wildman–Crippen MR) is 80.4 cm³/mol. The molecule has 0 aliphatic carbocycles. The van der Waals surface area contributed by atoms with Crippen LogP contribution in [0.4, 0.5) is 0 Å². The van der Waals surface area contributed by atoms with Crippen LogP contribution in [0.1, 0.15) is 10.8 Å². The molecule has 0 fully saturated rings. The van der Waals surface area contributed by atoms with Crippen LogP contribution in [-0.4, -0.2) is 26.3 Å². The molecule has 6 heteroatoms. The molecule has 5 nitrogen and oxygen atoms in total. The van der Waals surface area contributed by atoms with Crippen LogP contribution in [0.3, 0.4) is 0 Å². The summed E-state index contributed by atoms with van der Waals surface area (Å²) in [5.74, 6) is 0. The molecule has 0 aliphatic rings. The third-order valence-electron chi connectivity index (χ3n) is 3.07. The number of aryl methyl sites for hydroxylation is 1. The van der Waals surface area contributed by atoms with E-state index in [-0.39, 0.29) is 5.25 Å². The van der Waals surface area contributed by atoms with Crippen LogP contribution in [0.15, 0.2) is 48.0 Å². The quantitative estimate of drug-likeness (QED) is 0.587. The molecule has 0 amide bonds. The third kappa shape index (κ3) is 2.52. The molecule has 2 N–H and O–H groups in total. The molecule has 3 rings (SSSR count). The van der Waals surface area contributed by atoms with Gasteiger partial charge in [0.2, 0.25) is 0 Å². The lowest BCUT2D eigenvalue weighted by Crippen LogP contribution is -2.09. The first-order chi connectivity index (χ1) is 9.78. The lowest BCUT2D eigenvalue weighted by atomic mass is 10.2. The van der Waals surface area contributed by atoms with E-state index in [1.165, 1.54) is 0 Å². The van der Waals surface area contributed by atoms with Crippen molar-refractivity contribution in [3.8, 4) is 0 Å². The smallest absolute Gasteiger partial charge is 0.117 e. The first kappa shape index (κ1) is 13.1. The number of benzene rings is 1. The maximum absolute atomic E-state index is 5.90. The lowest BCUT2D eigenvalue weighted by Gasteiger charge is -2.12. The summed E-state index contributed by atoms with van der Waals surface area (Å²) >= 11 is 1.66. The van der Waals surface area contributed by atoms with Gasteiger partial charge in [0.15, 0.2) is 0 Å². The van der Waals surface area contributed by atoms with Crippen molar-refractivity contribution < 1.29 is 0 Å². The van der Waals surface area contributed by atoms with Gasteiger partial charge < -0.3 is 5.73 Å². The summed E-state index contributed by atoms with van der Waals surface area (Å²) in [7, 11) is 1.90. The van der Waals surface area contributed by atoms with Gasteiger partial charge in [0.25, 0.3) is 0 Å². The summed E-state index contributed by atoms with van der Waals surface area (Å²) < 4.78 is 1.79. The highest BCUT2D eigenvalue weighted by Gasteiger charge is 2.15. The molecule has 1 aromatic carbocycles. The standard InChI is InChI=1S/C14H15N5S/c1-19-8-10(7-18-19)13(6-15)20-14-11-4-2-3-5-12(11)16-9-17-14/h2-5,7-9,13H,6,15H2,1H3. The second kappa shape index (κ2) is 5.60. The van der Waals surface area contributed by atoms with Gasteiger partial charge in [-0.05, 0) is 6.07 Å². The van der Waals surface area contributed by atoms with Crippen molar-refractivity contribution in [2.24, 2.45) is 12.8 Å². The van der Waals surface area contributed by atoms with Crippen LogP contribution in [0.5, 0.6) is 0 Å². The zero-order chi connectivity index (χ0) is 13.9. The van der Waals surface area contributed by atoms with Gasteiger partial charge in [0.05, 0.1) is 17.0 Å². The predicted octanol–water partition coefficient (Wildman–Crippen LogP) is 2.16. The van der Waals surface area contributed by atoms with Gasteiger partial charge in [-0.2, -0.15) is 5.10 Å². The number of nitrogens with two attached hydrogens (primary N) is 1. The minimum absolute atomic E-state index is 0.141. The largest absolute Gasteiger partial charge is 0.329 e. The van der Waals surface area contributed by atoms with Gasteiger partial charge >= 0.3 is 0 Å². The van der Waals surface area contributed by atoms with Gasteiger partial charge in [0.1, 0.15) is 11.4 Å². The van der Waals surface area contributed by atoms with Crippen LogP contribution in [-0.2, 0) is 7.05 Å². The molecule has 2 heterocycles. The fourth-order valence-electron chi connectivity index (χ4n) is 2.07. The average molecular weight is 285 g/mol. The Labute approximate surface area is 121 Å². The Morgan fingerprint density at radius 2 is 2.15 bits per heavy atom. The highest BCUT2D eigenvalue weighted by atomic mass is 32.2. The van der Waals surface area contributed by atoms with E-state index in [2.05, 4.69) is 15.1 Å². The Bertz CT molecular complexity index is 719. The first-order valence-electron chi connectivity index (χ1n) is 6.33. The van der Waals surface area contributed by atoms with Crippen molar-refractivity contribution in [2.45, 2.75) is 10.3 Å². The molecule has 1 unspecified atom stereocenters. The van der Waals surface area contributed by atoms with Crippen LogP contribution in [0.25, 0.3) is 10.9 Å². The number of fused-ring (bicyclic) bond motifs is 1. The molecule has 20 heavy (non-hydrogen) atoms. The number of rotatable bonds is 4. The third-order valence-corrected chi connectivity index (χ3v) is 4.37. The van der Waals surface area contributed by atoms with Crippen LogP contribution < -0.4 is 5.73 Å². The van der Waals surface area contributed by atoms with Gasteiger partial charge in [-0.1, -0.05) is 30.0 Å². The average Bonchev–Trinajstić information content (AvgIpc) is 2.91. The second-order valence-electron chi connectivity index (χ2n) is 4.49. The van der Waals surface area contributed by atoms with Crippen LogP contribution in [0.2, 0.25) is 0 Å². The Kier molecular flexibility index (Phi) is 3.66. The van der Waals surface area contributed by atoms with Crippen molar-refractivity contribution in [2.75, 3.05) is 6.54 Å². The van der Waals surface area contributed by atoms with E-state index in [1.807, 2.05) is 43.7 Å². The molecule has 1 atom stereocenters. The summed E-state index contributed by atoms with van der Waals surface area (Å²) in [5.41, 5.74) is 7.97. The molecule has 0 spiro atoms. The number of para-hydroxylation sites is 1. The summed E-state index contributed by atoms with van der Waals surface area (Å²) in [5, 5.41) is 6.36. The van der Waals surface area contributed by atoms with E-state index in [4.69, 9.17) is 5.73 Å². The Morgan fingerprint density at radius 1 is 1.30 bits per heavy atom. The zero-order valence-corrected chi connectivity index (χ0v) is 11.9. The van der Waals surface area contributed by atoms with Crippen LogP contribution in [0, 0.1) is 0 Å². The maximum Gasteiger partial charge on any atom is 0.117 e. The number of hydrogen-bond acceptors (Lipinski definition) is 5. The molecule has 102 valence electrons. The van der Waals surface area contributed by atoms with Gasteiger partial charge in [0, 0.05) is 30.7 Å². The molecule has 0 aliphatic heterocycles. The lowest BCUT2D eigenvalue weighted by molar-refractivity contribution is 0.766. The SMILES string of the molecule is Cn1cc(C(CN)Sc2ncnc3ccccc23)cn1. The zero-order valence-electron chi connectivity index (χ0n) is 11.1. The topological polar surface area (TPSA) is 69.6 Å². The second-order valence-corrected chi connectivity index (χ2v) is 5.68. The molecule has 0 saturated heterocycles. The molecular formula is C14H15N5S. The van der Waals surface area contributed by atoms with E-state index in [9.17, 15) is 0 Å². The number of hydrogen-bond donors (Lipinski definition) is 1. The maximum atomic E-state index is 5.90. The van der Waals surface area contributed by atoms with E-state index in [0.717, 1.165) is 21.5 Å². The monoisotopic (exact) mass is 285 g/mol. The Hall–Kier alpha value is -1.92. The molecule has 3 aromatic rings. The van der Waals surface area contributed by atoms with Crippen molar-refractivity contribution in [3.05, 3.63) is 48.5 Å². The number of aromatic nitrogens is 4. The molecule has 0 bridgehead atoms. The van der Waals surface area contributed by atoms with Gasteiger partial charge in [-0.3, -0.25) is 4.68 Å². The summed E-state index contributed by atoms with van der Waals surface area (Å²) in [6, 6.07) is 8.00. The Morgan fingerprint density at radius 3 is 2.90 bits per heavy atom. The van der Waals surface area contributed by atoms with E-state index in [1.54, 1.807) is 22.8 Å². The minimum atomic E-state index is 0.141. The molecule has 2 aromatic heterocycles. The van der Waals surface area contributed by atoms with Crippen molar-refractivity contribution in [3.63, 3.8) is 0 Å². The molecule has 0 saturated carbocycles. The summed E-state index contributed by atoms with van der Waals surface area (Å²) in [6.07, 6.45) is 5.45. The van der Waals surface area contributed by atoms with E-state index >= 15 is 0 Å². The van der Waals surface area contributed by atoms with Crippen molar-refractivity contribution >= 4 is 22.7 Å².